The van der Waals surface area contributed by atoms with Gasteiger partial charge in [0.05, 0.1) is 28.7 Å². The highest BCUT2D eigenvalue weighted by atomic mass is 16.3. The van der Waals surface area contributed by atoms with Crippen molar-refractivity contribution in [3.8, 4) is 11.3 Å². The summed E-state index contributed by atoms with van der Waals surface area (Å²) in [6, 6.07) is 14.2. The molecule has 5 aromatic rings. The Labute approximate surface area is 178 Å². The van der Waals surface area contributed by atoms with Crippen LogP contribution in [0.1, 0.15) is 6.92 Å². The highest BCUT2D eigenvalue weighted by Crippen LogP contribution is 2.30. The number of hydrogen-bond donors (Lipinski definition) is 3. The molecule has 0 aliphatic carbocycles. The zero-order chi connectivity index (χ0) is 21.0. The molecule has 1 aliphatic rings. The summed E-state index contributed by atoms with van der Waals surface area (Å²) >= 11 is 0. The van der Waals surface area contributed by atoms with E-state index >= 15 is 0 Å². The Hall–Kier alpha value is -3.91. The molecule has 0 spiro atoms. The topological polar surface area (TPSA) is 94.4 Å². The third kappa shape index (κ3) is 3.17. The number of hydrogen-bond acceptors (Lipinski definition) is 6. The van der Waals surface area contributed by atoms with Crippen molar-refractivity contribution in [2.45, 2.75) is 12.5 Å². The maximum atomic E-state index is 9.96. The molecule has 0 amide bonds. The van der Waals surface area contributed by atoms with Crippen molar-refractivity contribution in [1.82, 2.24) is 24.3 Å². The van der Waals surface area contributed by atoms with Crippen molar-refractivity contribution in [2.24, 2.45) is 0 Å². The number of nitrogens with zero attached hydrogens (tertiary/aromatic N) is 5. The smallest absolute Gasteiger partial charge is 0.180 e. The van der Waals surface area contributed by atoms with Crippen molar-refractivity contribution in [2.75, 3.05) is 23.3 Å². The van der Waals surface area contributed by atoms with Crippen LogP contribution in [0.5, 0.6) is 0 Å². The molecule has 1 fully saturated rings. The zero-order valence-electron chi connectivity index (χ0n) is 16.9. The molecular formula is C23H21N7O. The van der Waals surface area contributed by atoms with Gasteiger partial charge in [-0.25, -0.2) is 15.0 Å². The van der Waals surface area contributed by atoms with Crippen LogP contribution in [0.3, 0.4) is 0 Å². The fraction of sp³-hybridized carbons (Fsp3) is 0.174. The second-order valence-corrected chi connectivity index (χ2v) is 8.29. The van der Waals surface area contributed by atoms with Gasteiger partial charge in [-0.3, -0.25) is 0 Å². The van der Waals surface area contributed by atoms with Crippen molar-refractivity contribution >= 4 is 33.9 Å². The molecular weight excluding hydrogens is 390 g/mol. The number of aliphatic hydroxyl groups is 1. The van der Waals surface area contributed by atoms with Gasteiger partial charge in [0.15, 0.2) is 11.5 Å². The van der Waals surface area contributed by atoms with Gasteiger partial charge in [-0.1, -0.05) is 6.07 Å². The first-order valence-electron chi connectivity index (χ1n) is 10.2. The molecule has 0 atom stereocenters. The summed E-state index contributed by atoms with van der Waals surface area (Å²) in [7, 11) is 0. The van der Waals surface area contributed by atoms with Crippen molar-refractivity contribution in [1.29, 1.82) is 0 Å². The Kier molecular flexibility index (Phi) is 3.78. The van der Waals surface area contributed by atoms with E-state index in [1.165, 1.54) is 0 Å². The van der Waals surface area contributed by atoms with Gasteiger partial charge in [0.1, 0.15) is 0 Å². The van der Waals surface area contributed by atoms with Crippen LogP contribution in [0.2, 0.25) is 0 Å². The second-order valence-electron chi connectivity index (χ2n) is 8.29. The fourth-order valence-electron chi connectivity index (χ4n) is 4.10. The van der Waals surface area contributed by atoms with Gasteiger partial charge < -0.3 is 24.7 Å². The van der Waals surface area contributed by atoms with Gasteiger partial charge in [0, 0.05) is 48.6 Å². The lowest BCUT2D eigenvalue weighted by Crippen LogP contribution is -2.60. The molecule has 0 bridgehead atoms. The minimum atomic E-state index is -0.591. The van der Waals surface area contributed by atoms with E-state index in [0.29, 0.717) is 18.9 Å². The number of aromatic nitrogens is 5. The minimum absolute atomic E-state index is 0.591. The lowest BCUT2D eigenvalue weighted by molar-refractivity contribution is 0.0310. The van der Waals surface area contributed by atoms with E-state index in [9.17, 15) is 5.11 Å². The summed E-state index contributed by atoms with van der Waals surface area (Å²) in [4.78, 5) is 18.9. The van der Waals surface area contributed by atoms with Crippen LogP contribution in [0.25, 0.3) is 27.9 Å². The van der Waals surface area contributed by atoms with E-state index in [1.807, 2.05) is 54.0 Å². The first-order valence-corrected chi connectivity index (χ1v) is 10.2. The van der Waals surface area contributed by atoms with E-state index in [4.69, 9.17) is 4.98 Å². The summed E-state index contributed by atoms with van der Waals surface area (Å²) < 4.78 is 1.97. The van der Waals surface area contributed by atoms with E-state index < -0.39 is 5.60 Å². The van der Waals surface area contributed by atoms with Crippen LogP contribution in [0.15, 0.2) is 67.4 Å². The zero-order valence-corrected chi connectivity index (χ0v) is 16.9. The molecule has 0 radical (unpaired) electrons. The molecule has 1 aliphatic heterocycles. The van der Waals surface area contributed by atoms with Gasteiger partial charge in [0.25, 0.3) is 0 Å². The third-order valence-corrected chi connectivity index (χ3v) is 5.65. The SMILES string of the molecule is CC1(O)CN(c2ccc(Nc3nc(-c4ccc5nc[nH]c5c4)cn4ccnc34)cc2)C1. The normalized spacial score (nSPS) is 15.4. The molecule has 4 heterocycles. The van der Waals surface area contributed by atoms with Crippen LogP contribution in [-0.4, -0.2) is 48.1 Å². The summed E-state index contributed by atoms with van der Waals surface area (Å²) in [5, 5.41) is 13.4. The van der Waals surface area contributed by atoms with Gasteiger partial charge in [-0.05, 0) is 43.3 Å². The number of rotatable bonds is 4. The fourth-order valence-corrected chi connectivity index (χ4v) is 4.10. The lowest BCUT2D eigenvalue weighted by Gasteiger charge is -2.45. The molecule has 1 saturated heterocycles. The largest absolute Gasteiger partial charge is 0.386 e. The minimum Gasteiger partial charge on any atom is -0.386 e. The number of benzene rings is 2. The van der Waals surface area contributed by atoms with Gasteiger partial charge in [-0.15, -0.1) is 0 Å². The Bertz CT molecular complexity index is 1390. The number of fused-ring (bicyclic) bond motifs is 2. The Morgan fingerprint density at radius 1 is 1.10 bits per heavy atom. The Morgan fingerprint density at radius 3 is 2.74 bits per heavy atom. The summed E-state index contributed by atoms with van der Waals surface area (Å²) in [5.74, 6) is 0.687. The average molecular weight is 411 g/mol. The van der Waals surface area contributed by atoms with Gasteiger partial charge >= 0.3 is 0 Å². The molecule has 8 nitrogen and oxygen atoms in total. The monoisotopic (exact) mass is 411 g/mol. The van der Waals surface area contributed by atoms with Crippen LogP contribution < -0.4 is 10.2 Å². The molecule has 8 heteroatoms. The Morgan fingerprint density at radius 2 is 1.94 bits per heavy atom. The molecule has 3 aromatic heterocycles. The maximum Gasteiger partial charge on any atom is 0.180 e. The summed E-state index contributed by atoms with van der Waals surface area (Å²) in [6.45, 7) is 3.16. The quantitative estimate of drug-likeness (QED) is 0.418. The number of H-pyrrole nitrogens is 1. The molecule has 6 rings (SSSR count). The predicted octanol–water partition coefficient (Wildman–Crippen LogP) is 3.59. The highest BCUT2D eigenvalue weighted by molar-refractivity contribution is 5.82. The second kappa shape index (κ2) is 6.55. The first-order chi connectivity index (χ1) is 15.0. The number of anilines is 3. The lowest BCUT2D eigenvalue weighted by atomic mass is 9.96. The van der Waals surface area contributed by atoms with Crippen molar-refractivity contribution in [3.05, 3.63) is 67.4 Å². The van der Waals surface area contributed by atoms with Crippen LogP contribution in [0, 0.1) is 0 Å². The van der Waals surface area contributed by atoms with Crippen LogP contribution in [0.4, 0.5) is 17.2 Å². The van der Waals surface area contributed by atoms with E-state index in [-0.39, 0.29) is 0 Å². The molecule has 31 heavy (non-hydrogen) atoms. The van der Waals surface area contributed by atoms with Gasteiger partial charge in [0.2, 0.25) is 0 Å². The van der Waals surface area contributed by atoms with Crippen molar-refractivity contribution < 1.29 is 5.11 Å². The van der Waals surface area contributed by atoms with Crippen LogP contribution in [-0.2, 0) is 0 Å². The number of aromatic amines is 1. The van der Waals surface area contributed by atoms with Crippen molar-refractivity contribution in [3.63, 3.8) is 0 Å². The van der Waals surface area contributed by atoms with E-state index in [2.05, 4.69) is 37.3 Å². The third-order valence-electron chi connectivity index (χ3n) is 5.65. The number of nitrogens with one attached hydrogen (secondary N) is 2. The molecule has 0 saturated carbocycles. The molecule has 0 unspecified atom stereocenters. The van der Waals surface area contributed by atoms with E-state index in [1.54, 1.807) is 12.5 Å². The standard InChI is InChI=1S/C23H21N7O/c1-23(31)12-30(13-23)17-5-3-16(4-6-17)27-21-22-24-8-9-29(22)11-20(28-21)15-2-7-18-19(10-15)26-14-25-18/h2-11,14,31H,12-13H2,1H3,(H,25,26)(H,27,28). The average Bonchev–Trinajstić information content (AvgIpc) is 3.41. The van der Waals surface area contributed by atoms with Gasteiger partial charge in [-0.2, -0.15) is 0 Å². The van der Waals surface area contributed by atoms with E-state index in [0.717, 1.165) is 39.3 Å². The summed E-state index contributed by atoms with van der Waals surface area (Å²) in [6.07, 6.45) is 7.35. The highest BCUT2D eigenvalue weighted by Gasteiger charge is 2.36. The molecule has 154 valence electrons. The number of imidazole rings is 2. The maximum absolute atomic E-state index is 9.96. The predicted molar refractivity (Wildman–Crippen MR) is 121 cm³/mol. The van der Waals surface area contributed by atoms with Crippen LogP contribution >= 0.6 is 0 Å². The Balaban J connectivity index is 1.33. The number of β-amino-alcohol motifs (C(OH)–C–C–N with tert-alkyl or cyclic N) is 1. The molecule has 2 aromatic carbocycles. The summed E-state index contributed by atoms with van der Waals surface area (Å²) in [5.41, 5.74) is 5.92. The first kappa shape index (κ1) is 17.9. The molecule has 3 N–H and O–H groups in total.